The zero-order chi connectivity index (χ0) is 23.3. The van der Waals surface area contributed by atoms with Crippen molar-refractivity contribution >= 4 is 28.5 Å². The maximum absolute atomic E-state index is 14.9. The van der Waals surface area contributed by atoms with Crippen LogP contribution in [0.5, 0.6) is 0 Å². The van der Waals surface area contributed by atoms with Gasteiger partial charge in [0.05, 0.1) is 11.2 Å². The highest BCUT2D eigenvalue weighted by Gasteiger charge is 2.40. The molecular weight excluding hydrogens is 422 g/mol. The molecule has 2 heterocycles. The van der Waals surface area contributed by atoms with Crippen molar-refractivity contribution in [3.05, 3.63) is 39.9 Å². The SMILES string of the molecule is CC(C)(C)n1cc(C(=O)O)c(=O)c2cc(F)c(N3CCC(NC(=O)C(F)(F)F)C3)cc21. The summed E-state index contributed by atoms with van der Waals surface area (Å²) in [6, 6.07) is 1.52. The molecule has 168 valence electrons. The van der Waals surface area contributed by atoms with Crippen molar-refractivity contribution in [1.29, 1.82) is 0 Å². The number of carbonyl (C=O) groups excluding carboxylic acids is 1. The highest BCUT2D eigenvalue weighted by Crippen LogP contribution is 2.30. The molecular formula is C20H21F4N3O4. The number of carboxylic acid groups (broad SMARTS) is 1. The molecule has 11 heteroatoms. The number of carbonyl (C=O) groups is 2. The number of carboxylic acids is 1. The third-order valence-electron chi connectivity index (χ3n) is 5.15. The fourth-order valence-electron chi connectivity index (χ4n) is 3.65. The van der Waals surface area contributed by atoms with Gasteiger partial charge in [0.2, 0.25) is 5.43 Å². The lowest BCUT2D eigenvalue weighted by molar-refractivity contribution is -0.174. The Morgan fingerprint density at radius 3 is 2.39 bits per heavy atom. The topological polar surface area (TPSA) is 91.6 Å². The van der Waals surface area contributed by atoms with Crippen LogP contribution in [0.3, 0.4) is 0 Å². The molecule has 1 amide bonds. The summed E-state index contributed by atoms with van der Waals surface area (Å²) in [6.07, 6.45) is -3.62. The summed E-state index contributed by atoms with van der Waals surface area (Å²) in [7, 11) is 0. The van der Waals surface area contributed by atoms with Crippen LogP contribution in [0.2, 0.25) is 0 Å². The monoisotopic (exact) mass is 443 g/mol. The van der Waals surface area contributed by atoms with Crippen molar-refractivity contribution in [3.8, 4) is 0 Å². The molecule has 0 spiro atoms. The first-order valence-electron chi connectivity index (χ1n) is 9.45. The Morgan fingerprint density at radius 1 is 1.19 bits per heavy atom. The average molecular weight is 443 g/mol. The predicted molar refractivity (Wildman–Crippen MR) is 105 cm³/mol. The Bertz CT molecular complexity index is 1120. The number of nitrogens with zero attached hydrogens (tertiary/aromatic N) is 2. The second kappa shape index (κ2) is 7.54. The first-order valence-corrected chi connectivity index (χ1v) is 9.45. The molecule has 2 N–H and O–H groups in total. The van der Waals surface area contributed by atoms with Crippen LogP contribution >= 0.6 is 0 Å². The molecule has 7 nitrogen and oxygen atoms in total. The van der Waals surface area contributed by atoms with E-state index < -0.39 is 46.4 Å². The minimum atomic E-state index is -5.01. The van der Waals surface area contributed by atoms with Gasteiger partial charge in [-0.15, -0.1) is 0 Å². The third-order valence-corrected chi connectivity index (χ3v) is 5.15. The number of halogens is 4. The Morgan fingerprint density at radius 2 is 1.84 bits per heavy atom. The molecule has 31 heavy (non-hydrogen) atoms. The Balaban J connectivity index is 2.05. The van der Waals surface area contributed by atoms with E-state index in [0.29, 0.717) is 5.52 Å². The van der Waals surface area contributed by atoms with Crippen LogP contribution in [-0.2, 0) is 10.3 Å². The summed E-state index contributed by atoms with van der Waals surface area (Å²) < 4.78 is 53.9. The van der Waals surface area contributed by atoms with Gasteiger partial charge >= 0.3 is 18.1 Å². The maximum Gasteiger partial charge on any atom is 0.471 e. The van der Waals surface area contributed by atoms with Crippen LogP contribution in [0.4, 0.5) is 23.2 Å². The Hall–Kier alpha value is -3.11. The molecule has 1 saturated heterocycles. The van der Waals surface area contributed by atoms with E-state index in [1.165, 1.54) is 17.2 Å². The lowest BCUT2D eigenvalue weighted by atomic mass is 10.0. The van der Waals surface area contributed by atoms with Gasteiger partial charge in [-0.25, -0.2) is 9.18 Å². The average Bonchev–Trinajstić information content (AvgIpc) is 3.08. The zero-order valence-corrected chi connectivity index (χ0v) is 17.0. The van der Waals surface area contributed by atoms with Crippen molar-refractivity contribution in [2.45, 2.75) is 44.9 Å². The molecule has 1 aromatic heterocycles. The van der Waals surface area contributed by atoms with Crippen LogP contribution in [0.15, 0.2) is 23.1 Å². The number of fused-ring (bicyclic) bond motifs is 1. The number of amides is 1. The molecule has 1 aliphatic rings. The van der Waals surface area contributed by atoms with Crippen molar-refractivity contribution in [3.63, 3.8) is 0 Å². The van der Waals surface area contributed by atoms with Gasteiger partial charge in [0.25, 0.3) is 0 Å². The lowest BCUT2D eigenvalue weighted by Gasteiger charge is -2.27. The quantitative estimate of drug-likeness (QED) is 0.712. The van der Waals surface area contributed by atoms with Gasteiger partial charge < -0.3 is 19.9 Å². The van der Waals surface area contributed by atoms with Crippen LogP contribution in [-0.4, -0.2) is 46.9 Å². The molecule has 0 aliphatic carbocycles. The minimum absolute atomic E-state index is 0.0444. The van der Waals surface area contributed by atoms with Gasteiger partial charge in [0, 0.05) is 36.3 Å². The van der Waals surface area contributed by atoms with Crippen molar-refractivity contribution < 1.29 is 32.3 Å². The first kappa shape index (κ1) is 22.6. The number of benzene rings is 1. The van der Waals surface area contributed by atoms with Gasteiger partial charge in [-0.3, -0.25) is 9.59 Å². The largest absolute Gasteiger partial charge is 0.477 e. The molecule has 1 aromatic carbocycles. The molecule has 1 aliphatic heterocycles. The van der Waals surface area contributed by atoms with Gasteiger partial charge in [-0.05, 0) is 39.3 Å². The Kier molecular flexibility index (Phi) is 5.49. The molecule has 0 saturated carbocycles. The smallest absolute Gasteiger partial charge is 0.471 e. The molecule has 1 unspecified atom stereocenters. The number of anilines is 1. The van der Waals surface area contributed by atoms with Gasteiger partial charge in [-0.1, -0.05) is 0 Å². The van der Waals surface area contributed by atoms with E-state index in [1.807, 2.05) is 5.32 Å². The summed E-state index contributed by atoms with van der Waals surface area (Å²) >= 11 is 0. The fraction of sp³-hybridized carbons (Fsp3) is 0.450. The van der Waals surface area contributed by atoms with Gasteiger partial charge in [0.1, 0.15) is 11.4 Å². The van der Waals surface area contributed by atoms with Crippen molar-refractivity contribution in [2.75, 3.05) is 18.0 Å². The van der Waals surface area contributed by atoms with E-state index in [9.17, 15) is 37.1 Å². The van der Waals surface area contributed by atoms with Crippen molar-refractivity contribution in [1.82, 2.24) is 9.88 Å². The van der Waals surface area contributed by atoms with Crippen LogP contribution in [0.1, 0.15) is 37.6 Å². The molecule has 1 fully saturated rings. The molecule has 3 rings (SSSR count). The van der Waals surface area contributed by atoms with Crippen LogP contribution in [0.25, 0.3) is 10.9 Å². The summed E-state index contributed by atoms with van der Waals surface area (Å²) in [5, 5.41) is 11.1. The predicted octanol–water partition coefficient (Wildman–Crippen LogP) is 2.85. The molecule has 0 radical (unpaired) electrons. The number of hydrogen-bond donors (Lipinski definition) is 2. The van der Waals surface area contributed by atoms with Crippen LogP contribution < -0.4 is 15.6 Å². The van der Waals surface area contributed by atoms with E-state index in [0.717, 1.165) is 6.07 Å². The van der Waals surface area contributed by atoms with E-state index in [4.69, 9.17) is 0 Å². The second-order valence-electron chi connectivity index (χ2n) is 8.44. The highest BCUT2D eigenvalue weighted by atomic mass is 19.4. The second-order valence-corrected chi connectivity index (χ2v) is 8.44. The van der Waals surface area contributed by atoms with Gasteiger partial charge in [0.15, 0.2) is 0 Å². The third kappa shape index (κ3) is 4.35. The number of aromatic carboxylic acids is 1. The number of hydrogen-bond acceptors (Lipinski definition) is 4. The summed E-state index contributed by atoms with van der Waals surface area (Å²) in [4.78, 5) is 36.7. The molecule has 0 bridgehead atoms. The number of alkyl halides is 3. The van der Waals surface area contributed by atoms with Crippen LogP contribution in [0, 0.1) is 5.82 Å². The maximum atomic E-state index is 14.9. The van der Waals surface area contributed by atoms with E-state index in [-0.39, 0.29) is 30.6 Å². The number of nitrogens with one attached hydrogen (secondary N) is 1. The zero-order valence-electron chi connectivity index (χ0n) is 17.0. The fourth-order valence-corrected chi connectivity index (χ4v) is 3.65. The van der Waals surface area contributed by atoms with E-state index in [2.05, 4.69) is 0 Å². The Labute approximate surface area is 174 Å². The normalized spacial score (nSPS) is 17.3. The first-order chi connectivity index (χ1) is 14.2. The number of rotatable bonds is 3. The number of aromatic nitrogens is 1. The van der Waals surface area contributed by atoms with Crippen molar-refractivity contribution in [2.24, 2.45) is 0 Å². The van der Waals surface area contributed by atoms with Gasteiger partial charge in [-0.2, -0.15) is 13.2 Å². The summed E-state index contributed by atoms with van der Waals surface area (Å²) in [5.74, 6) is -4.30. The summed E-state index contributed by atoms with van der Waals surface area (Å²) in [5.41, 5.74) is -1.63. The molecule has 1 atom stereocenters. The van der Waals surface area contributed by atoms with E-state index >= 15 is 0 Å². The standard InChI is InChI=1S/C20H21F4N3O4/c1-19(2,3)27-9-12(17(29)30)16(28)11-6-13(21)15(7-14(11)27)26-5-4-10(8-26)25-18(31)20(22,23)24/h6-7,9-10H,4-5,8H2,1-3H3,(H,25,31)(H,29,30). The molecule has 2 aromatic rings. The lowest BCUT2D eigenvalue weighted by Crippen LogP contribution is -2.44. The highest BCUT2D eigenvalue weighted by molar-refractivity contribution is 5.93. The summed E-state index contributed by atoms with van der Waals surface area (Å²) in [6.45, 7) is 5.49. The van der Waals surface area contributed by atoms with E-state index in [1.54, 1.807) is 25.3 Å². The number of pyridine rings is 1. The minimum Gasteiger partial charge on any atom is -0.477 e.